The van der Waals surface area contributed by atoms with Crippen molar-refractivity contribution in [2.45, 2.75) is 39.8 Å². The molecule has 0 spiro atoms. The predicted octanol–water partition coefficient (Wildman–Crippen LogP) is 1.47. The third-order valence-corrected chi connectivity index (χ3v) is 2.04. The van der Waals surface area contributed by atoms with Crippen LogP contribution in [0.25, 0.3) is 0 Å². The van der Waals surface area contributed by atoms with Crippen LogP contribution in [-0.4, -0.2) is 9.13 Å². The lowest BCUT2D eigenvalue weighted by atomic mass is 10.4. The summed E-state index contributed by atoms with van der Waals surface area (Å²) >= 11 is 0. The summed E-state index contributed by atoms with van der Waals surface area (Å²) in [5, 5.41) is 0. The number of rotatable bonds is 4. The first-order chi connectivity index (χ1) is 6.79. The standard InChI is InChI=1S/C11H16N2O/c1-3-5-6-8-13-10-9-12(7-4-2)11(13)14/h9-10H,4,6-8H2,1-2H3. The highest BCUT2D eigenvalue weighted by molar-refractivity contribution is 4.95. The Labute approximate surface area is 84.4 Å². The van der Waals surface area contributed by atoms with Gasteiger partial charge >= 0.3 is 5.69 Å². The first kappa shape index (κ1) is 10.6. The molecular formula is C11H16N2O. The summed E-state index contributed by atoms with van der Waals surface area (Å²) in [7, 11) is 0. The van der Waals surface area contributed by atoms with Crippen LogP contribution >= 0.6 is 0 Å². The highest BCUT2D eigenvalue weighted by atomic mass is 16.1. The van der Waals surface area contributed by atoms with E-state index in [-0.39, 0.29) is 5.69 Å². The van der Waals surface area contributed by atoms with Crippen molar-refractivity contribution in [1.82, 2.24) is 9.13 Å². The fourth-order valence-corrected chi connectivity index (χ4v) is 1.34. The molecule has 0 N–H and O–H groups in total. The van der Waals surface area contributed by atoms with Crippen molar-refractivity contribution in [2.24, 2.45) is 0 Å². The molecule has 0 atom stereocenters. The van der Waals surface area contributed by atoms with Crippen molar-refractivity contribution >= 4 is 0 Å². The van der Waals surface area contributed by atoms with Gasteiger partial charge in [0.05, 0.1) is 0 Å². The van der Waals surface area contributed by atoms with Gasteiger partial charge in [0.2, 0.25) is 0 Å². The van der Waals surface area contributed by atoms with E-state index in [9.17, 15) is 4.79 Å². The molecule has 76 valence electrons. The molecule has 0 bridgehead atoms. The normalized spacial score (nSPS) is 9.57. The zero-order valence-electron chi connectivity index (χ0n) is 8.79. The second-order valence-corrected chi connectivity index (χ2v) is 3.14. The number of hydrogen-bond donors (Lipinski definition) is 0. The predicted molar refractivity (Wildman–Crippen MR) is 57.1 cm³/mol. The summed E-state index contributed by atoms with van der Waals surface area (Å²) in [4.78, 5) is 11.6. The minimum absolute atomic E-state index is 0.0738. The summed E-state index contributed by atoms with van der Waals surface area (Å²) in [6.45, 7) is 5.36. The molecule has 1 aromatic rings. The topological polar surface area (TPSA) is 26.9 Å². The van der Waals surface area contributed by atoms with E-state index in [4.69, 9.17) is 0 Å². The van der Waals surface area contributed by atoms with Gasteiger partial charge in [-0.1, -0.05) is 6.92 Å². The van der Waals surface area contributed by atoms with Crippen molar-refractivity contribution in [3.63, 3.8) is 0 Å². The summed E-state index contributed by atoms with van der Waals surface area (Å²) < 4.78 is 3.44. The third-order valence-electron chi connectivity index (χ3n) is 2.04. The van der Waals surface area contributed by atoms with Crippen LogP contribution in [0.1, 0.15) is 26.7 Å². The van der Waals surface area contributed by atoms with Gasteiger partial charge in [-0.25, -0.2) is 4.79 Å². The Morgan fingerprint density at radius 2 is 1.93 bits per heavy atom. The van der Waals surface area contributed by atoms with E-state index >= 15 is 0 Å². The number of aromatic nitrogens is 2. The number of hydrogen-bond acceptors (Lipinski definition) is 1. The summed E-state index contributed by atoms with van der Waals surface area (Å²) in [5.41, 5.74) is 0.0738. The Morgan fingerprint density at radius 1 is 1.29 bits per heavy atom. The van der Waals surface area contributed by atoms with Crippen molar-refractivity contribution in [2.75, 3.05) is 0 Å². The molecule has 0 fully saturated rings. The van der Waals surface area contributed by atoms with Crippen LogP contribution in [0.2, 0.25) is 0 Å². The van der Waals surface area contributed by atoms with E-state index in [0.29, 0.717) is 6.54 Å². The molecule has 14 heavy (non-hydrogen) atoms. The van der Waals surface area contributed by atoms with Crippen molar-refractivity contribution in [3.05, 3.63) is 22.9 Å². The molecule has 0 aliphatic heterocycles. The van der Waals surface area contributed by atoms with Crippen LogP contribution in [0.5, 0.6) is 0 Å². The van der Waals surface area contributed by atoms with Gasteiger partial charge in [-0.05, 0) is 13.3 Å². The van der Waals surface area contributed by atoms with E-state index in [0.717, 1.165) is 19.4 Å². The van der Waals surface area contributed by atoms with Gasteiger partial charge in [-0.3, -0.25) is 9.13 Å². The lowest BCUT2D eigenvalue weighted by molar-refractivity contribution is 0.607. The van der Waals surface area contributed by atoms with Gasteiger partial charge in [0.25, 0.3) is 0 Å². The van der Waals surface area contributed by atoms with Gasteiger partial charge in [-0.2, -0.15) is 0 Å². The molecule has 0 amide bonds. The van der Waals surface area contributed by atoms with Crippen LogP contribution in [0.4, 0.5) is 0 Å². The highest BCUT2D eigenvalue weighted by Crippen LogP contribution is 1.90. The summed E-state index contributed by atoms with van der Waals surface area (Å²) in [5.74, 6) is 5.76. The second kappa shape index (κ2) is 5.33. The first-order valence-electron chi connectivity index (χ1n) is 4.94. The fourth-order valence-electron chi connectivity index (χ4n) is 1.34. The minimum atomic E-state index is 0.0738. The highest BCUT2D eigenvalue weighted by Gasteiger charge is 2.00. The molecule has 1 aromatic heterocycles. The maximum absolute atomic E-state index is 11.6. The minimum Gasteiger partial charge on any atom is -0.299 e. The van der Waals surface area contributed by atoms with E-state index in [1.807, 2.05) is 19.3 Å². The smallest absolute Gasteiger partial charge is 0.299 e. The van der Waals surface area contributed by atoms with E-state index < -0.39 is 0 Å². The van der Waals surface area contributed by atoms with Crippen molar-refractivity contribution < 1.29 is 0 Å². The van der Waals surface area contributed by atoms with Gasteiger partial charge < -0.3 is 0 Å². The molecule has 0 aliphatic rings. The van der Waals surface area contributed by atoms with Crippen LogP contribution < -0.4 is 5.69 Å². The Hall–Kier alpha value is -1.43. The van der Waals surface area contributed by atoms with Gasteiger partial charge in [0, 0.05) is 31.9 Å². The molecular weight excluding hydrogens is 176 g/mol. The molecule has 0 aliphatic carbocycles. The Kier molecular flexibility index (Phi) is 4.06. The molecule has 1 heterocycles. The lowest BCUT2D eigenvalue weighted by Gasteiger charge is -1.97. The Balaban J connectivity index is 2.68. The fraction of sp³-hybridized carbons (Fsp3) is 0.545. The molecule has 0 unspecified atom stereocenters. The lowest BCUT2D eigenvalue weighted by Crippen LogP contribution is -2.23. The largest absolute Gasteiger partial charge is 0.328 e. The number of imidazole rings is 1. The second-order valence-electron chi connectivity index (χ2n) is 3.14. The van der Waals surface area contributed by atoms with Crippen LogP contribution in [0.3, 0.4) is 0 Å². The molecule has 3 heteroatoms. The quantitative estimate of drug-likeness (QED) is 0.664. The molecule has 3 nitrogen and oxygen atoms in total. The maximum Gasteiger partial charge on any atom is 0.328 e. The Morgan fingerprint density at radius 3 is 2.50 bits per heavy atom. The van der Waals surface area contributed by atoms with Crippen LogP contribution in [0.15, 0.2) is 17.2 Å². The number of nitrogens with zero attached hydrogens (tertiary/aromatic N) is 2. The SMILES string of the molecule is CC#CCCn1ccn(CCC)c1=O. The zero-order valence-corrected chi connectivity index (χ0v) is 8.79. The van der Waals surface area contributed by atoms with E-state index in [2.05, 4.69) is 18.8 Å². The van der Waals surface area contributed by atoms with Gasteiger partial charge in [0.1, 0.15) is 0 Å². The summed E-state index contributed by atoms with van der Waals surface area (Å²) in [6.07, 6.45) is 5.39. The average Bonchev–Trinajstić information content (AvgIpc) is 2.51. The van der Waals surface area contributed by atoms with E-state index in [1.165, 1.54) is 0 Å². The molecule has 0 aromatic carbocycles. The van der Waals surface area contributed by atoms with Gasteiger partial charge in [-0.15, -0.1) is 11.8 Å². The number of aryl methyl sites for hydroxylation is 2. The van der Waals surface area contributed by atoms with Crippen molar-refractivity contribution in [1.29, 1.82) is 0 Å². The molecule has 0 saturated heterocycles. The maximum atomic E-state index is 11.6. The van der Waals surface area contributed by atoms with Crippen molar-refractivity contribution in [3.8, 4) is 11.8 Å². The van der Waals surface area contributed by atoms with Crippen LogP contribution in [-0.2, 0) is 13.1 Å². The molecule has 1 rings (SSSR count). The zero-order chi connectivity index (χ0) is 10.4. The van der Waals surface area contributed by atoms with Crippen LogP contribution in [0, 0.1) is 11.8 Å². The summed E-state index contributed by atoms with van der Waals surface area (Å²) in [6, 6.07) is 0. The first-order valence-corrected chi connectivity index (χ1v) is 4.94. The third kappa shape index (κ3) is 2.53. The van der Waals surface area contributed by atoms with Gasteiger partial charge in [0.15, 0.2) is 0 Å². The average molecular weight is 192 g/mol. The molecule has 0 saturated carbocycles. The molecule has 0 radical (unpaired) electrons. The Bertz CT molecular complexity index is 389. The monoisotopic (exact) mass is 192 g/mol. The van der Waals surface area contributed by atoms with E-state index in [1.54, 1.807) is 9.13 Å².